The van der Waals surface area contributed by atoms with Gasteiger partial charge in [0.2, 0.25) is 53.2 Å². The van der Waals surface area contributed by atoms with Crippen LogP contribution in [-0.4, -0.2) is 213 Å². The second kappa shape index (κ2) is 35.3. The van der Waals surface area contributed by atoms with Gasteiger partial charge in [0.15, 0.2) is 11.6 Å². The van der Waals surface area contributed by atoms with E-state index in [0.29, 0.717) is 6.42 Å². The number of likely N-dealkylation sites (N-methyl/N-ethyl adjacent to an activating group) is 7. The first kappa shape index (κ1) is 78.3. The molecule has 13 atom stereocenters. The van der Waals surface area contributed by atoms with Gasteiger partial charge in [0.1, 0.15) is 48.3 Å². The number of amides is 9. The summed E-state index contributed by atoms with van der Waals surface area (Å²) in [6.45, 7) is 33.4. The molecular formula is C65H115N9O12. The fraction of sp³-hybridized carbons (Fsp3) is 0.800. The van der Waals surface area contributed by atoms with Gasteiger partial charge in [-0.15, -0.1) is 0 Å². The number of ketones is 2. The van der Waals surface area contributed by atoms with Gasteiger partial charge in [0.25, 0.3) is 0 Å². The normalized spacial score (nSPS) is 27.8. The van der Waals surface area contributed by atoms with Gasteiger partial charge >= 0.3 is 0 Å². The van der Waals surface area contributed by atoms with Crippen LogP contribution in [0.15, 0.2) is 12.2 Å². The number of aliphatic hydroxyl groups excluding tert-OH is 1. The summed E-state index contributed by atoms with van der Waals surface area (Å²) in [5.74, 6) is -11.0. The van der Waals surface area contributed by atoms with Gasteiger partial charge in [-0.2, -0.15) is 0 Å². The van der Waals surface area contributed by atoms with Crippen molar-refractivity contribution in [2.24, 2.45) is 53.3 Å². The smallest absolute Gasteiger partial charge is 0.246 e. The predicted molar refractivity (Wildman–Crippen MR) is 335 cm³/mol. The average Bonchev–Trinajstić information content (AvgIpc) is 1.38. The highest BCUT2D eigenvalue weighted by Gasteiger charge is 2.46. The molecule has 0 saturated carbocycles. The van der Waals surface area contributed by atoms with E-state index in [0.717, 1.165) is 4.90 Å². The molecule has 0 aromatic rings. The third-order valence-corrected chi connectivity index (χ3v) is 17.2. The summed E-state index contributed by atoms with van der Waals surface area (Å²) in [5, 5.41) is 17.9. The lowest BCUT2D eigenvalue weighted by Gasteiger charge is -2.41. The Bertz CT molecular complexity index is 2360. The first-order valence-electron chi connectivity index (χ1n) is 31.6. The molecule has 0 aromatic carbocycles. The van der Waals surface area contributed by atoms with Crippen molar-refractivity contribution in [2.75, 3.05) is 48.8 Å². The summed E-state index contributed by atoms with van der Waals surface area (Å²) in [7, 11) is 8.73. The summed E-state index contributed by atoms with van der Waals surface area (Å²) >= 11 is 0. The highest BCUT2D eigenvalue weighted by molar-refractivity contribution is 6.00. The van der Waals surface area contributed by atoms with Crippen LogP contribution in [0.5, 0.6) is 0 Å². The van der Waals surface area contributed by atoms with Crippen LogP contribution in [0.3, 0.4) is 0 Å². The molecule has 1 saturated heterocycles. The molecule has 1 heterocycles. The molecule has 1 aliphatic heterocycles. The quantitative estimate of drug-likeness (QED) is 0.164. The van der Waals surface area contributed by atoms with Gasteiger partial charge in [0, 0.05) is 73.5 Å². The average molecular weight is 1210 g/mol. The summed E-state index contributed by atoms with van der Waals surface area (Å²) in [6.07, 6.45) is 2.46. The van der Waals surface area contributed by atoms with Crippen molar-refractivity contribution >= 4 is 64.7 Å². The van der Waals surface area contributed by atoms with Gasteiger partial charge in [-0.25, -0.2) is 0 Å². The summed E-state index contributed by atoms with van der Waals surface area (Å²) < 4.78 is 0. The zero-order chi connectivity index (χ0) is 66.8. The minimum absolute atomic E-state index is 0.0316. The van der Waals surface area contributed by atoms with Gasteiger partial charge in [-0.1, -0.05) is 116 Å². The van der Waals surface area contributed by atoms with E-state index >= 15 is 19.2 Å². The SMILES string of the molecule is C/C=C/C[C@@H](C)[C@@H](O)[C@H]1C(=O)C[C@@H](CC)C(=O)N(C)[C@H](C)C(=O)N(CC)[C@@H](C(C)C)C(=O)N[C@@H](C(C)C)C(=O)N(C)[C@@H](CC(C)C)C(=O)N[C@@H](C)C(=O)C[C@H](C)C(=O)N(C)[C@@H](CC(C)C)C(=O)N(C)[C@@H](CC(C)C)C(=O)N(C)[C@@H](C(C)C)C(=O)N1C. The van der Waals surface area contributed by atoms with E-state index in [9.17, 15) is 38.7 Å². The van der Waals surface area contributed by atoms with Crippen LogP contribution >= 0.6 is 0 Å². The summed E-state index contributed by atoms with van der Waals surface area (Å²) in [4.78, 5) is 171. The molecule has 0 spiro atoms. The molecular weight excluding hydrogens is 1100 g/mol. The van der Waals surface area contributed by atoms with Gasteiger partial charge in [0.05, 0.1) is 12.1 Å². The molecule has 0 aliphatic carbocycles. The number of nitrogens with zero attached hydrogens (tertiary/aromatic N) is 7. The van der Waals surface area contributed by atoms with Crippen LogP contribution in [-0.2, 0) is 52.7 Å². The highest BCUT2D eigenvalue weighted by Crippen LogP contribution is 2.28. The minimum atomic E-state index is -1.50. The lowest BCUT2D eigenvalue weighted by molar-refractivity contribution is -0.157. The summed E-state index contributed by atoms with van der Waals surface area (Å²) in [5.41, 5.74) is 0. The van der Waals surface area contributed by atoms with Gasteiger partial charge in [-0.05, 0) is 101 Å². The van der Waals surface area contributed by atoms with Gasteiger partial charge < -0.3 is 50.0 Å². The Kier molecular flexibility index (Phi) is 32.1. The number of nitrogens with one attached hydrogen (secondary N) is 2. The lowest BCUT2D eigenvalue weighted by Crippen LogP contribution is -2.62. The Hall–Kier alpha value is -5.73. The molecule has 1 rings (SSSR count). The van der Waals surface area contributed by atoms with Crippen LogP contribution in [0.25, 0.3) is 0 Å². The second-order valence-corrected chi connectivity index (χ2v) is 26.8. The number of aliphatic hydroxyl groups is 1. The molecule has 21 nitrogen and oxygen atoms in total. The lowest BCUT2D eigenvalue weighted by atomic mass is 9.86. The maximum atomic E-state index is 15.2. The molecule has 3 N–H and O–H groups in total. The summed E-state index contributed by atoms with van der Waals surface area (Å²) in [6, 6.07) is -10.6. The Labute approximate surface area is 516 Å². The number of carbonyl (C=O) groups excluding carboxylic acids is 11. The van der Waals surface area contributed by atoms with Crippen molar-refractivity contribution in [1.82, 2.24) is 44.9 Å². The molecule has 1 fully saturated rings. The van der Waals surface area contributed by atoms with Crippen molar-refractivity contribution in [1.29, 1.82) is 0 Å². The second-order valence-electron chi connectivity index (χ2n) is 26.8. The van der Waals surface area contributed by atoms with Crippen LogP contribution < -0.4 is 10.6 Å². The van der Waals surface area contributed by atoms with E-state index in [1.54, 1.807) is 75.3 Å². The van der Waals surface area contributed by atoms with Crippen molar-refractivity contribution in [3.8, 4) is 0 Å². The molecule has 0 unspecified atom stereocenters. The van der Waals surface area contributed by atoms with Gasteiger partial charge in [-0.3, -0.25) is 52.7 Å². The van der Waals surface area contributed by atoms with Crippen LogP contribution in [0.1, 0.15) is 176 Å². The van der Waals surface area contributed by atoms with E-state index in [1.165, 1.54) is 85.5 Å². The van der Waals surface area contributed by atoms with E-state index in [-0.39, 0.29) is 56.4 Å². The number of carbonyl (C=O) groups is 11. The number of hydrogen-bond acceptors (Lipinski definition) is 12. The molecule has 86 heavy (non-hydrogen) atoms. The third kappa shape index (κ3) is 20.7. The molecule has 1 aliphatic rings. The number of allylic oxidation sites excluding steroid dienone is 2. The maximum absolute atomic E-state index is 15.2. The standard InChI is InChI=1S/C65H115N9O12/c1-26-29-30-42(16)56(77)55-51(76)35-46(27-2)61(82)68(20)45(19)60(81)74(28-3)53(40(12)13)58(79)67-52(39(10)11)64(85)69(21)47(31-36(4)5)57(78)66-44(18)50(75)34-43(17)59(80)70(22)48(32-37(6)7)62(83)71(23)49(33-38(8)9)63(84)72(24)54(41(14)15)65(86)73(55)25/h26,29,36-49,52-56,77H,27-28,30-35H2,1-25H3,(H,66,78)(H,67,79)/b29-26+/t42-,43+,44+,45-,46-,47+,48+,49+,52+,53+,54+,55-,56-/m1/s1. The van der Waals surface area contributed by atoms with Crippen molar-refractivity contribution < 1.29 is 57.8 Å². The number of hydrogen-bond donors (Lipinski definition) is 3. The first-order chi connectivity index (χ1) is 39.7. The molecule has 492 valence electrons. The molecule has 0 aromatic heterocycles. The zero-order valence-electron chi connectivity index (χ0n) is 57.3. The van der Waals surface area contributed by atoms with Crippen LogP contribution in [0.4, 0.5) is 0 Å². The molecule has 0 bridgehead atoms. The van der Waals surface area contributed by atoms with Crippen LogP contribution in [0.2, 0.25) is 0 Å². The third-order valence-electron chi connectivity index (χ3n) is 17.2. The predicted octanol–water partition coefficient (Wildman–Crippen LogP) is 5.84. The highest BCUT2D eigenvalue weighted by atomic mass is 16.3. The van der Waals surface area contributed by atoms with Crippen molar-refractivity contribution in [3.05, 3.63) is 12.2 Å². The maximum Gasteiger partial charge on any atom is 0.246 e. The Morgan fingerprint density at radius 2 is 0.942 bits per heavy atom. The Morgan fingerprint density at radius 3 is 1.38 bits per heavy atom. The topological polar surface area (TPSA) is 255 Å². The van der Waals surface area contributed by atoms with Crippen molar-refractivity contribution in [2.45, 2.75) is 237 Å². The molecule has 9 amide bonds. The minimum Gasteiger partial charge on any atom is -0.390 e. The van der Waals surface area contributed by atoms with Crippen LogP contribution in [0, 0.1) is 53.3 Å². The van der Waals surface area contributed by atoms with E-state index < -0.39 is 167 Å². The largest absolute Gasteiger partial charge is 0.390 e. The monoisotopic (exact) mass is 1210 g/mol. The Balaban J connectivity index is 4.39. The number of Topliss-reactive ketones (excluding diaryl/α,β-unsaturated/α-hetero) is 2. The van der Waals surface area contributed by atoms with Crippen molar-refractivity contribution in [3.63, 3.8) is 0 Å². The van der Waals surface area contributed by atoms with E-state index in [4.69, 9.17) is 0 Å². The first-order valence-corrected chi connectivity index (χ1v) is 31.6. The van der Waals surface area contributed by atoms with E-state index in [2.05, 4.69) is 10.6 Å². The fourth-order valence-electron chi connectivity index (χ4n) is 11.6. The van der Waals surface area contributed by atoms with E-state index in [1.807, 2.05) is 54.5 Å². The Morgan fingerprint density at radius 1 is 0.488 bits per heavy atom. The molecule has 21 heteroatoms. The molecule has 0 radical (unpaired) electrons. The fourth-order valence-corrected chi connectivity index (χ4v) is 11.6. The zero-order valence-corrected chi connectivity index (χ0v) is 57.3. The number of rotatable bonds is 15.